The molecule has 1 aromatic carbocycles. The average Bonchev–Trinajstić information content (AvgIpc) is 2.96. The van der Waals surface area contributed by atoms with E-state index in [1.807, 2.05) is 0 Å². The molecule has 1 aliphatic rings. The van der Waals surface area contributed by atoms with Gasteiger partial charge >= 0.3 is 0 Å². The van der Waals surface area contributed by atoms with Crippen molar-refractivity contribution in [2.45, 2.75) is 12.5 Å². The molecule has 1 atom stereocenters. The van der Waals surface area contributed by atoms with Crippen molar-refractivity contribution >= 4 is 17.5 Å². The number of aromatic nitrogens is 2. The summed E-state index contributed by atoms with van der Waals surface area (Å²) < 4.78 is 18.7. The molecule has 0 saturated carbocycles. The summed E-state index contributed by atoms with van der Waals surface area (Å²) in [6.07, 6.45) is 2.12. The molecule has 0 N–H and O–H groups in total. The van der Waals surface area contributed by atoms with E-state index in [2.05, 4.69) is 10.2 Å². The Morgan fingerprint density at radius 3 is 3.00 bits per heavy atom. The fourth-order valence-electron chi connectivity index (χ4n) is 2.36. The highest BCUT2D eigenvalue weighted by atomic mass is 35.5. The number of benzene rings is 1. The molecule has 2 heterocycles. The van der Waals surface area contributed by atoms with E-state index >= 15 is 0 Å². The summed E-state index contributed by atoms with van der Waals surface area (Å²) in [4.78, 5) is 14.1. The molecule has 1 saturated heterocycles. The Balaban J connectivity index is 1.66. The maximum atomic E-state index is 13.1. The molecule has 0 spiro atoms. The predicted octanol–water partition coefficient (Wildman–Crippen LogP) is 2.56. The van der Waals surface area contributed by atoms with E-state index in [9.17, 15) is 9.18 Å². The van der Waals surface area contributed by atoms with E-state index in [0.29, 0.717) is 31.0 Å². The van der Waals surface area contributed by atoms with Gasteiger partial charge in [-0.15, -0.1) is 5.10 Å². The zero-order chi connectivity index (χ0) is 15.5. The maximum absolute atomic E-state index is 13.1. The zero-order valence-corrected chi connectivity index (χ0v) is 12.3. The van der Waals surface area contributed by atoms with Crippen LogP contribution in [0.4, 0.5) is 4.39 Å². The van der Waals surface area contributed by atoms with Crippen LogP contribution in [-0.4, -0.2) is 40.2 Å². The zero-order valence-electron chi connectivity index (χ0n) is 11.6. The molecule has 1 aliphatic heterocycles. The van der Waals surface area contributed by atoms with Gasteiger partial charge in [-0.05, 0) is 24.3 Å². The summed E-state index contributed by atoms with van der Waals surface area (Å²) in [7, 11) is 0. The van der Waals surface area contributed by atoms with Crippen molar-refractivity contribution in [1.29, 1.82) is 0 Å². The minimum Gasteiger partial charge on any atom is -0.471 e. The number of halogens is 2. The first-order chi connectivity index (χ1) is 10.6. The minimum atomic E-state index is -0.466. The molecule has 0 bridgehead atoms. The van der Waals surface area contributed by atoms with Gasteiger partial charge in [-0.25, -0.2) is 4.39 Å². The summed E-state index contributed by atoms with van der Waals surface area (Å²) in [6.45, 7) is 0.987. The number of nitrogens with zero attached hydrogens (tertiary/aromatic N) is 3. The van der Waals surface area contributed by atoms with Gasteiger partial charge in [-0.1, -0.05) is 11.6 Å². The van der Waals surface area contributed by atoms with Crippen molar-refractivity contribution in [3.63, 3.8) is 0 Å². The van der Waals surface area contributed by atoms with Crippen LogP contribution in [0.1, 0.15) is 16.8 Å². The minimum absolute atomic E-state index is 0.114. The molecule has 5 nitrogen and oxygen atoms in total. The third kappa shape index (κ3) is 3.17. The highest BCUT2D eigenvalue weighted by molar-refractivity contribution is 6.33. The fourth-order valence-corrected chi connectivity index (χ4v) is 2.61. The Hall–Kier alpha value is -2.21. The molecule has 0 radical (unpaired) electrons. The number of rotatable bonds is 3. The number of carbonyl (C=O) groups excluding carboxylic acids is 1. The van der Waals surface area contributed by atoms with Gasteiger partial charge in [0.05, 0.1) is 17.1 Å². The van der Waals surface area contributed by atoms with Gasteiger partial charge < -0.3 is 9.64 Å². The van der Waals surface area contributed by atoms with Crippen molar-refractivity contribution < 1.29 is 13.9 Å². The van der Waals surface area contributed by atoms with E-state index in [1.54, 1.807) is 23.2 Å². The number of likely N-dealkylation sites (tertiary alicyclic amines) is 1. The van der Waals surface area contributed by atoms with Gasteiger partial charge in [-0.2, -0.15) is 5.10 Å². The molecule has 7 heteroatoms. The molecule has 1 aromatic heterocycles. The Bertz CT molecular complexity index is 684. The van der Waals surface area contributed by atoms with Gasteiger partial charge in [0.25, 0.3) is 5.91 Å². The van der Waals surface area contributed by atoms with E-state index in [-0.39, 0.29) is 17.0 Å². The van der Waals surface area contributed by atoms with Crippen LogP contribution >= 0.6 is 11.6 Å². The lowest BCUT2D eigenvalue weighted by molar-refractivity contribution is 0.0771. The molecule has 22 heavy (non-hydrogen) atoms. The van der Waals surface area contributed by atoms with Crippen molar-refractivity contribution in [1.82, 2.24) is 15.1 Å². The molecule has 2 aromatic rings. The molecule has 1 fully saturated rings. The number of hydrogen-bond acceptors (Lipinski definition) is 4. The number of amides is 1. The van der Waals surface area contributed by atoms with E-state index in [0.717, 1.165) is 6.07 Å². The van der Waals surface area contributed by atoms with Gasteiger partial charge in [0.2, 0.25) is 5.88 Å². The van der Waals surface area contributed by atoms with Crippen molar-refractivity contribution in [2.24, 2.45) is 0 Å². The van der Waals surface area contributed by atoms with Gasteiger partial charge in [0, 0.05) is 25.2 Å². The lowest BCUT2D eigenvalue weighted by atomic mass is 10.2. The topological polar surface area (TPSA) is 55.3 Å². The predicted molar refractivity (Wildman–Crippen MR) is 78.4 cm³/mol. The van der Waals surface area contributed by atoms with Crippen LogP contribution in [0.5, 0.6) is 5.88 Å². The van der Waals surface area contributed by atoms with Gasteiger partial charge in [0.15, 0.2) is 0 Å². The first-order valence-electron chi connectivity index (χ1n) is 6.82. The van der Waals surface area contributed by atoms with Gasteiger partial charge in [0.1, 0.15) is 11.9 Å². The van der Waals surface area contributed by atoms with Crippen LogP contribution in [-0.2, 0) is 0 Å². The highest BCUT2D eigenvalue weighted by Crippen LogP contribution is 2.22. The smallest absolute Gasteiger partial charge is 0.255 e. The summed E-state index contributed by atoms with van der Waals surface area (Å²) in [5.74, 6) is -0.260. The molecular formula is C15H13ClFN3O2. The third-order valence-electron chi connectivity index (χ3n) is 3.43. The van der Waals surface area contributed by atoms with Crippen molar-refractivity contribution in [2.75, 3.05) is 13.1 Å². The normalized spacial score (nSPS) is 17.5. The van der Waals surface area contributed by atoms with Crippen LogP contribution in [0.3, 0.4) is 0 Å². The first-order valence-corrected chi connectivity index (χ1v) is 7.20. The second kappa shape index (κ2) is 6.27. The molecule has 1 unspecified atom stereocenters. The molecule has 3 rings (SSSR count). The maximum Gasteiger partial charge on any atom is 0.255 e. The highest BCUT2D eigenvalue weighted by Gasteiger charge is 2.29. The van der Waals surface area contributed by atoms with Crippen LogP contribution < -0.4 is 4.74 Å². The quantitative estimate of drug-likeness (QED) is 0.872. The Kier molecular flexibility index (Phi) is 4.20. The first kappa shape index (κ1) is 14.7. The van der Waals surface area contributed by atoms with Crippen LogP contribution in [0.2, 0.25) is 5.02 Å². The Morgan fingerprint density at radius 2 is 2.27 bits per heavy atom. The summed E-state index contributed by atoms with van der Waals surface area (Å²) in [5, 5.41) is 7.71. The largest absolute Gasteiger partial charge is 0.471 e. The lowest BCUT2D eigenvalue weighted by Gasteiger charge is -2.17. The van der Waals surface area contributed by atoms with E-state index in [1.165, 1.54) is 12.1 Å². The second-order valence-corrected chi connectivity index (χ2v) is 5.37. The SMILES string of the molecule is O=C(c1ccc(F)cc1Cl)N1CCC(Oc2cccnn2)C1. The molecular weight excluding hydrogens is 309 g/mol. The van der Waals surface area contributed by atoms with Gasteiger partial charge in [-0.3, -0.25) is 4.79 Å². The summed E-state index contributed by atoms with van der Waals surface area (Å²) in [6, 6.07) is 7.21. The summed E-state index contributed by atoms with van der Waals surface area (Å²) >= 11 is 5.93. The van der Waals surface area contributed by atoms with Crippen LogP contribution in [0, 0.1) is 5.82 Å². The Morgan fingerprint density at radius 1 is 1.41 bits per heavy atom. The fraction of sp³-hybridized carbons (Fsp3) is 0.267. The average molecular weight is 322 g/mol. The third-order valence-corrected chi connectivity index (χ3v) is 3.74. The molecule has 1 amide bonds. The van der Waals surface area contributed by atoms with Crippen LogP contribution in [0.25, 0.3) is 0 Å². The standard InChI is InChI=1S/C15H13ClFN3O2/c16-13-8-10(17)3-4-12(13)15(21)20-7-5-11(9-20)22-14-2-1-6-18-19-14/h1-4,6,8,11H,5,7,9H2. The number of ether oxygens (including phenoxy) is 1. The second-order valence-electron chi connectivity index (χ2n) is 4.97. The summed E-state index contributed by atoms with van der Waals surface area (Å²) in [5.41, 5.74) is 0.295. The monoisotopic (exact) mass is 321 g/mol. The van der Waals surface area contributed by atoms with Crippen molar-refractivity contribution in [3.05, 3.63) is 52.9 Å². The van der Waals surface area contributed by atoms with Crippen LogP contribution in [0.15, 0.2) is 36.5 Å². The number of carbonyl (C=O) groups is 1. The molecule has 114 valence electrons. The lowest BCUT2D eigenvalue weighted by Crippen LogP contribution is -2.31. The Labute approximate surface area is 131 Å². The van der Waals surface area contributed by atoms with Crippen molar-refractivity contribution in [3.8, 4) is 5.88 Å². The number of hydrogen-bond donors (Lipinski definition) is 0. The van der Waals surface area contributed by atoms with E-state index < -0.39 is 5.82 Å². The molecule has 0 aliphatic carbocycles. The van der Waals surface area contributed by atoms with E-state index in [4.69, 9.17) is 16.3 Å².